The van der Waals surface area contributed by atoms with Crippen LogP contribution in [-0.4, -0.2) is 65.8 Å². The van der Waals surface area contributed by atoms with Gasteiger partial charge in [0.2, 0.25) is 28.7 Å². The van der Waals surface area contributed by atoms with Gasteiger partial charge in [0, 0.05) is 27.8 Å². The summed E-state index contributed by atoms with van der Waals surface area (Å²) in [5.74, 6) is -12.5. The molecule has 0 aliphatic heterocycles. The first kappa shape index (κ1) is 38.9. The van der Waals surface area contributed by atoms with Crippen molar-refractivity contribution in [3.63, 3.8) is 0 Å². The molecule has 14 heteroatoms. The van der Waals surface area contributed by atoms with Crippen LogP contribution in [0.2, 0.25) is 0 Å². The summed E-state index contributed by atoms with van der Waals surface area (Å²) >= 11 is 0. The summed E-state index contributed by atoms with van der Waals surface area (Å²) in [5.41, 5.74) is 4.58. The molecule has 0 saturated carbocycles. The molecule has 0 saturated heterocycles. The predicted octanol–water partition coefficient (Wildman–Crippen LogP) is 10.4. The van der Waals surface area contributed by atoms with Crippen LogP contribution in [0.5, 0.6) is 69.0 Å². The first-order chi connectivity index (χ1) is 30.8. The fourth-order valence-corrected chi connectivity index (χ4v) is 8.54. The topological polar surface area (TPSA) is 251 Å². The van der Waals surface area contributed by atoms with Crippen LogP contribution in [0.4, 0.5) is 17.1 Å². The molecular weight excluding hydrogens is 821 g/mol. The Morgan fingerprint density at radius 3 is 1.52 bits per heavy atom. The Morgan fingerprint density at radius 1 is 0.328 bits per heavy atom. The maximum absolute atomic E-state index is 11.9. The number of aromatic hydroxyl groups is 12. The van der Waals surface area contributed by atoms with E-state index in [1.165, 1.54) is 17.0 Å². The highest BCUT2D eigenvalue weighted by Crippen LogP contribution is 2.61. The van der Waals surface area contributed by atoms with Crippen LogP contribution in [0.1, 0.15) is 0 Å². The van der Waals surface area contributed by atoms with Gasteiger partial charge in [0.05, 0.1) is 27.4 Å². The van der Waals surface area contributed by atoms with Gasteiger partial charge in [-0.15, -0.1) is 0 Å². The Morgan fingerprint density at radius 2 is 0.828 bits per heavy atom. The Kier molecular flexibility index (Phi) is 8.59. The summed E-state index contributed by atoms with van der Waals surface area (Å²) in [6, 6.07) is 40.7. The molecule has 316 valence electrons. The lowest BCUT2D eigenvalue weighted by Gasteiger charge is -2.28. The minimum atomic E-state index is -1.20. The highest BCUT2D eigenvalue weighted by molar-refractivity contribution is 6.12. The number of nitrogens with zero attached hydrogens (tertiary/aromatic N) is 2. The number of anilines is 3. The van der Waals surface area contributed by atoms with Crippen molar-refractivity contribution in [2.45, 2.75) is 0 Å². The van der Waals surface area contributed by atoms with Crippen molar-refractivity contribution in [2.75, 3.05) is 4.90 Å². The molecule has 0 spiro atoms. The van der Waals surface area contributed by atoms with Gasteiger partial charge < -0.3 is 70.7 Å². The molecule has 0 aliphatic carbocycles. The van der Waals surface area contributed by atoms with Gasteiger partial charge in [0.15, 0.2) is 40.2 Å². The molecule has 1 heterocycles. The van der Waals surface area contributed by atoms with Gasteiger partial charge in [-0.3, -0.25) is 0 Å². The Balaban J connectivity index is 1.14. The number of phenols is 12. The zero-order valence-corrected chi connectivity index (χ0v) is 33.0. The Bertz CT molecular complexity index is 3560. The van der Waals surface area contributed by atoms with Gasteiger partial charge >= 0.3 is 0 Å². The van der Waals surface area contributed by atoms with Gasteiger partial charge in [0.25, 0.3) is 0 Å². The van der Waals surface area contributed by atoms with E-state index in [4.69, 9.17) is 0 Å². The standard InChI is InChI=1S/C50H34N2O12/c53-39-36-37(44(58)49(63)48(62)43(36)57)42(56)45(59)38(39)51(30-18-14-24-20-27(11-10-25(24)21-30)35-40(54)46(60)50(64)47(61)41(35)55)29-16-12-23(13-17-29)26-15-19-34-32(22-26)31-8-4-5-9-33(31)52(34)28-6-2-1-3-7-28/h1-22,53-64H. The largest absolute Gasteiger partial charge is 0.505 e. The third-order valence-electron chi connectivity index (χ3n) is 11.7. The van der Waals surface area contributed by atoms with E-state index < -0.39 is 85.5 Å². The van der Waals surface area contributed by atoms with Gasteiger partial charge in [-0.25, -0.2) is 0 Å². The third kappa shape index (κ3) is 5.59. The summed E-state index contributed by atoms with van der Waals surface area (Å²) in [5, 5.41) is 130. The highest BCUT2D eigenvalue weighted by Gasteiger charge is 2.32. The number of hydrogen-bond acceptors (Lipinski definition) is 13. The fraction of sp³-hybridized carbons (Fsp3) is 0. The van der Waals surface area contributed by atoms with Crippen molar-refractivity contribution in [2.24, 2.45) is 0 Å². The number of aromatic nitrogens is 1. The van der Waals surface area contributed by atoms with Crippen LogP contribution in [0.3, 0.4) is 0 Å². The zero-order valence-electron chi connectivity index (χ0n) is 33.0. The van der Waals surface area contributed by atoms with Crippen molar-refractivity contribution >= 4 is 60.4 Å². The van der Waals surface area contributed by atoms with Crippen LogP contribution in [0.25, 0.3) is 71.3 Å². The van der Waals surface area contributed by atoms with Crippen LogP contribution >= 0.6 is 0 Å². The van der Waals surface area contributed by atoms with Gasteiger partial charge in [-0.05, 0) is 88.1 Å². The van der Waals surface area contributed by atoms with Crippen LogP contribution in [0.15, 0.2) is 133 Å². The van der Waals surface area contributed by atoms with Crippen molar-refractivity contribution in [1.82, 2.24) is 4.57 Å². The average molecular weight is 855 g/mol. The zero-order chi connectivity index (χ0) is 44.9. The number of benzene rings is 9. The quantitative estimate of drug-likeness (QED) is 0.0550. The molecule has 0 fully saturated rings. The summed E-state index contributed by atoms with van der Waals surface area (Å²) in [7, 11) is 0. The van der Waals surface area contributed by atoms with E-state index in [0.29, 0.717) is 16.5 Å². The van der Waals surface area contributed by atoms with E-state index in [1.54, 1.807) is 36.4 Å². The predicted molar refractivity (Wildman–Crippen MR) is 241 cm³/mol. The SMILES string of the molecule is Oc1c(O)c(O)c(-c2ccc3cc(N(c4ccc(-c5ccc6c(c5)c5ccccc5n6-c5ccccc5)cc4)c4c(O)c(O)c5c(O)c(O)c(O)c(O)c5c4O)ccc3c2)c(O)c1O. The number of rotatable bonds is 6. The van der Waals surface area contributed by atoms with Gasteiger partial charge in [-0.2, -0.15) is 0 Å². The minimum absolute atomic E-state index is 0.143. The summed E-state index contributed by atoms with van der Waals surface area (Å²) in [6.45, 7) is 0. The second kappa shape index (κ2) is 14.1. The van der Waals surface area contributed by atoms with Crippen LogP contribution < -0.4 is 4.90 Å². The summed E-state index contributed by atoms with van der Waals surface area (Å²) in [6.07, 6.45) is 0. The van der Waals surface area contributed by atoms with E-state index in [0.717, 1.165) is 38.6 Å². The molecular formula is C50H34N2O12. The molecule has 64 heavy (non-hydrogen) atoms. The normalized spacial score (nSPS) is 11.6. The average Bonchev–Trinajstić information content (AvgIpc) is 3.65. The van der Waals surface area contributed by atoms with Crippen molar-refractivity contribution in [1.29, 1.82) is 0 Å². The molecule has 10 aromatic rings. The number of phenolic OH excluding ortho intramolecular Hbond substituents is 12. The maximum Gasteiger partial charge on any atom is 0.208 e. The first-order valence-corrected chi connectivity index (χ1v) is 19.5. The van der Waals surface area contributed by atoms with E-state index in [2.05, 4.69) is 28.8 Å². The lowest BCUT2D eigenvalue weighted by atomic mass is 9.97. The maximum atomic E-state index is 11.9. The number of para-hydroxylation sites is 2. The monoisotopic (exact) mass is 854 g/mol. The van der Waals surface area contributed by atoms with E-state index in [9.17, 15) is 61.3 Å². The summed E-state index contributed by atoms with van der Waals surface area (Å²) in [4.78, 5) is 1.35. The second-order valence-corrected chi connectivity index (χ2v) is 15.2. The van der Waals surface area contributed by atoms with Crippen molar-refractivity contribution in [3.05, 3.63) is 133 Å². The Hall–Kier alpha value is -9.30. The molecule has 12 N–H and O–H groups in total. The van der Waals surface area contributed by atoms with E-state index in [-0.39, 0.29) is 16.8 Å². The number of fused-ring (bicyclic) bond motifs is 5. The van der Waals surface area contributed by atoms with Crippen LogP contribution in [0, 0.1) is 0 Å². The van der Waals surface area contributed by atoms with Gasteiger partial charge in [0.1, 0.15) is 5.69 Å². The third-order valence-corrected chi connectivity index (χ3v) is 11.7. The molecule has 0 aliphatic rings. The van der Waals surface area contributed by atoms with E-state index in [1.807, 2.05) is 60.7 Å². The molecule has 0 unspecified atom stereocenters. The fourth-order valence-electron chi connectivity index (χ4n) is 8.54. The van der Waals surface area contributed by atoms with Crippen LogP contribution in [-0.2, 0) is 0 Å². The molecule has 10 rings (SSSR count). The molecule has 14 nitrogen and oxygen atoms in total. The van der Waals surface area contributed by atoms with Crippen molar-refractivity contribution < 1.29 is 61.3 Å². The smallest absolute Gasteiger partial charge is 0.208 e. The highest BCUT2D eigenvalue weighted by atomic mass is 16.4. The van der Waals surface area contributed by atoms with E-state index >= 15 is 0 Å². The molecule has 1 aromatic heterocycles. The minimum Gasteiger partial charge on any atom is -0.505 e. The van der Waals surface area contributed by atoms with Crippen molar-refractivity contribution in [3.8, 4) is 96.9 Å². The molecule has 0 bridgehead atoms. The lowest BCUT2D eigenvalue weighted by molar-refractivity contribution is 0.330. The second-order valence-electron chi connectivity index (χ2n) is 15.2. The molecule has 0 amide bonds. The number of hydrogen-bond donors (Lipinski definition) is 12. The summed E-state index contributed by atoms with van der Waals surface area (Å²) < 4.78 is 2.20. The molecule has 9 aromatic carbocycles. The Labute approximate surface area is 360 Å². The molecule has 0 radical (unpaired) electrons. The van der Waals surface area contributed by atoms with Gasteiger partial charge in [-0.1, -0.05) is 72.8 Å². The first-order valence-electron chi connectivity index (χ1n) is 19.5. The molecule has 0 atom stereocenters. The lowest BCUT2D eigenvalue weighted by Crippen LogP contribution is -2.11.